The van der Waals surface area contributed by atoms with Gasteiger partial charge in [-0.05, 0) is 89.6 Å². The molecule has 3 aromatic rings. The smallest absolute Gasteiger partial charge is 0.172 e. The fourth-order valence-corrected chi connectivity index (χ4v) is 10.0. The van der Waals surface area contributed by atoms with Crippen LogP contribution in [0.5, 0.6) is 0 Å². The largest absolute Gasteiger partial charge is 0.369 e. The van der Waals surface area contributed by atoms with E-state index in [0.717, 1.165) is 58.0 Å². The van der Waals surface area contributed by atoms with Gasteiger partial charge in [0.2, 0.25) is 0 Å². The first kappa shape index (κ1) is 21.4. The summed E-state index contributed by atoms with van der Waals surface area (Å²) in [6.07, 6.45) is 9.63. The Balaban J connectivity index is 0.954. The molecule has 6 nitrogen and oxygen atoms in total. The van der Waals surface area contributed by atoms with Crippen LogP contribution in [0.25, 0.3) is 16.9 Å². The second kappa shape index (κ2) is 7.00. The highest BCUT2D eigenvalue weighted by Crippen LogP contribution is 3.02. The average molecular weight is 554 g/mol. The Hall–Kier alpha value is -1.67. The summed E-state index contributed by atoms with van der Waals surface area (Å²) in [5.41, 5.74) is 4.36. The van der Waals surface area contributed by atoms with Crippen LogP contribution < -0.4 is 16.0 Å². The van der Waals surface area contributed by atoms with E-state index in [4.69, 9.17) is 16.6 Å². The molecule has 6 aliphatic carbocycles. The molecule has 7 atom stereocenters. The molecular formula is C27H30BrClN6. The maximum atomic E-state index is 6.47. The molecule has 0 radical (unpaired) electrons. The van der Waals surface area contributed by atoms with E-state index in [1.807, 2.05) is 34.8 Å². The minimum absolute atomic E-state index is 0.323. The average Bonchev–Trinajstić information content (AvgIpc) is 3.60. The van der Waals surface area contributed by atoms with Gasteiger partial charge in [0.05, 0.1) is 22.5 Å². The first-order valence-electron chi connectivity index (χ1n) is 13.0. The molecule has 3 bridgehead atoms. The highest BCUT2D eigenvalue weighted by molar-refractivity contribution is 9.10. The van der Waals surface area contributed by atoms with Gasteiger partial charge < -0.3 is 10.6 Å². The van der Waals surface area contributed by atoms with Crippen LogP contribution in [0.15, 0.2) is 41.0 Å². The van der Waals surface area contributed by atoms with Crippen molar-refractivity contribution in [1.29, 1.82) is 0 Å². The molecule has 0 amide bonds. The minimum atomic E-state index is 0.323. The number of halogens is 2. The molecule has 0 aliphatic heterocycles. The molecule has 3 N–H and O–H groups in total. The number of aromatic nitrogens is 3. The molecule has 6 aliphatic rings. The van der Waals surface area contributed by atoms with Crippen molar-refractivity contribution in [3.8, 4) is 11.3 Å². The number of nitrogens with one attached hydrogen (secondary N) is 3. The van der Waals surface area contributed by atoms with E-state index in [2.05, 4.69) is 43.9 Å². The van der Waals surface area contributed by atoms with E-state index in [1.54, 1.807) is 6.20 Å². The molecule has 3 unspecified atom stereocenters. The summed E-state index contributed by atoms with van der Waals surface area (Å²) in [5.74, 6) is 3.91. The molecule has 2 heterocycles. The van der Waals surface area contributed by atoms with Crippen molar-refractivity contribution in [1.82, 2.24) is 25.2 Å². The number of benzene rings is 1. The molecule has 6 fully saturated rings. The van der Waals surface area contributed by atoms with Gasteiger partial charge in [-0.25, -0.2) is 4.98 Å². The van der Waals surface area contributed by atoms with Crippen molar-refractivity contribution >= 4 is 39.0 Å². The van der Waals surface area contributed by atoms with E-state index >= 15 is 0 Å². The molecule has 8 heteroatoms. The lowest BCUT2D eigenvalue weighted by Gasteiger charge is -2.53. The Kier molecular flexibility index (Phi) is 4.28. The SMILES string of the molecule is CC(NCCNc1cc(-c2ccccc2Cl)nc2c(Br)cnn12)NC12[C@H]3C[C@H]4C[C@@H]5CC51[C@]2(C4)C3. The molecule has 35 heavy (non-hydrogen) atoms. The Morgan fingerprint density at radius 3 is 2.91 bits per heavy atom. The van der Waals surface area contributed by atoms with E-state index in [1.165, 1.54) is 32.1 Å². The maximum Gasteiger partial charge on any atom is 0.172 e. The van der Waals surface area contributed by atoms with E-state index in [9.17, 15) is 0 Å². The highest BCUT2D eigenvalue weighted by atomic mass is 79.9. The van der Waals surface area contributed by atoms with Gasteiger partial charge in [0.15, 0.2) is 5.65 Å². The molecule has 0 saturated heterocycles. The quantitative estimate of drug-likeness (QED) is 0.260. The summed E-state index contributed by atoms with van der Waals surface area (Å²) in [6.45, 7) is 3.97. The zero-order valence-corrected chi connectivity index (χ0v) is 22.2. The number of rotatable bonds is 8. The van der Waals surface area contributed by atoms with Crippen molar-refractivity contribution in [2.75, 3.05) is 18.4 Å². The summed E-state index contributed by atoms with van der Waals surface area (Å²) in [5, 5.41) is 16.7. The van der Waals surface area contributed by atoms with Crippen molar-refractivity contribution < 1.29 is 0 Å². The number of hydrogen-bond donors (Lipinski definition) is 3. The van der Waals surface area contributed by atoms with E-state index in [-0.39, 0.29) is 0 Å². The van der Waals surface area contributed by atoms with Crippen LogP contribution in [0.3, 0.4) is 0 Å². The number of fused-ring (bicyclic) bond motifs is 1. The number of hydrogen-bond acceptors (Lipinski definition) is 5. The summed E-state index contributed by atoms with van der Waals surface area (Å²) in [4.78, 5) is 4.80. The zero-order valence-electron chi connectivity index (χ0n) is 19.8. The van der Waals surface area contributed by atoms with Crippen molar-refractivity contribution in [2.45, 2.75) is 50.7 Å². The lowest BCUT2D eigenvalue weighted by molar-refractivity contribution is -0.000814. The van der Waals surface area contributed by atoms with Crippen LogP contribution in [0.1, 0.15) is 39.0 Å². The fourth-order valence-electron chi connectivity index (χ4n) is 9.42. The summed E-state index contributed by atoms with van der Waals surface area (Å²) in [7, 11) is 0. The maximum absolute atomic E-state index is 6.47. The van der Waals surface area contributed by atoms with E-state index in [0.29, 0.717) is 27.6 Å². The standard InChI is InChI=1S/C27H30BrClN6/c1-15(34-27-18-9-16-8-17-13-26(17,27)25(27,11-16)12-18)30-6-7-31-23-10-22(19-4-2-3-5-21(19)29)33-24-20(28)14-32-35(23)24/h2-5,10,14-18,30-31,34H,6-9,11-13H2,1H3/t15?,16-,17-,18+,25+,26?,27?/m1/s1. The number of anilines is 1. The van der Waals surface area contributed by atoms with Crippen LogP contribution in [0, 0.1) is 28.6 Å². The second-order valence-electron chi connectivity index (χ2n) is 11.7. The minimum Gasteiger partial charge on any atom is -0.369 e. The molecule has 6 saturated carbocycles. The molecule has 182 valence electrons. The lowest BCUT2D eigenvalue weighted by atomic mass is 9.56. The molecule has 1 aromatic carbocycles. The van der Waals surface area contributed by atoms with Crippen molar-refractivity contribution in [2.24, 2.45) is 28.6 Å². The highest BCUT2D eigenvalue weighted by Gasteiger charge is 3.03. The van der Waals surface area contributed by atoms with E-state index < -0.39 is 0 Å². The monoisotopic (exact) mass is 552 g/mol. The van der Waals surface area contributed by atoms with Crippen LogP contribution in [0.2, 0.25) is 5.02 Å². The Morgan fingerprint density at radius 2 is 2.03 bits per heavy atom. The van der Waals surface area contributed by atoms with Gasteiger partial charge in [-0.2, -0.15) is 9.61 Å². The van der Waals surface area contributed by atoms with Gasteiger partial charge in [-0.3, -0.25) is 5.32 Å². The van der Waals surface area contributed by atoms with Crippen LogP contribution in [0.4, 0.5) is 5.82 Å². The van der Waals surface area contributed by atoms with Gasteiger partial charge in [-0.1, -0.05) is 29.8 Å². The van der Waals surface area contributed by atoms with Gasteiger partial charge in [0.1, 0.15) is 5.82 Å². The lowest BCUT2D eigenvalue weighted by Crippen LogP contribution is -2.61. The first-order valence-corrected chi connectivity index (χ1v) is 14.2. The van der Waals surface area contributed by atoms with Crippen LogP contribution in [-0.2, 0) is 0 Å². The fraction of sp³-hybridized carbons (Fsp3) is 0.556. The third-order valence-electron chi connectivity index (χ3n) is 10.3. The molecular weight excluding hydrogens is 524 g/mol. The zero-order chi connectivity index (χ0) is 23.6. The predicted octanol–water partition coefficient (Wildman–Crippen LogP) is 5.33. The third-order valence-corrected chi connectivity index (χ3v) is 11.2. The Morgan fingerprint density at radius 1 is 1.17 bits per heavy atom. The summed E-state index contributed by atoms with van der Waals surface area (Å²) >= 11 is 10.1. The first-order chi connectivity index (χ1) is 17.0. The third kappa shape index (κ3) is 2.53. The van der Waals surface area contributed by atoms with Gasteiger partial charge >= 0.3 is 0 Å². The summed E-state index contributed by atoms with van der Waals surface area (Å²) in [6, 6.07) is 9.85. The van der Waals surface area contributed by atoms with Crippen LogP contribution in [-0.4, -0.2) is 39.4 Å². The van der Waals surface area contributed by atoms with Gasteiger partial charge in [0.25, 0.3) is 0 Å². The van der Waals surface area contributed by atoms with Crippen molar-refractivity contribution in [3.05, 3.63) is 46.0 Å². The second-order valence-corrected chi connectivity index (χ2v) is 12.9. The predicted molar refractivity (Wildman–Crippen MR) is 141 cm³/mol. The van der Waals surface area contributed by atoms with Crippen LogP contribution >= 0.6 is 27.5 Å². The molecule has 9 rings (SSSR count). The number of nitrogens with zero attached hydrogens (tertiary/aromatic N) is 3. The summed E-state index contributed by atoms with van der Waals surface area (Å²) < 4.78 is 2.71. The Bertz CT molecular complexity index is 1370. The Labute approximate surface area is 218 Å². The topological polar surface area (TPSA) is 66.3 Å². The molecule has 2 spiro atoms. The van der Waals surface area contributed by atoms with Gasteiger partial charge in [-0.15, -0.1) is 0 Å². The van der Waals surface area contributed by atoms with Crippen molar-refractivity contribution in [3.63, 3.8) is 0 Å². The van der Waals surface area contributed by atoms with Gasteiger partial charge in [0, 0.05) is 35.3 Å². The normalized spacial score (nSPS) is 38.0. The molecule has 2 aromatic heterocycles.